The summed E-state index contributed by atoms with van der Waals surface area (Å²) in [5, 5.41) is 3.16. The van der Waals surface area contributed by atoms with Gasteiger partial charge in [-0.05, 0) is 31.3 Å². The largest absolute Gasteiger partial charge is 0.467 e. The van der Waals surface area contributed by atoms with Crippen molar-refractivity contribution < 1.29 is 14.0 Å². The Morgan fingerprint density at radius 1 is 1.00 bits per heavy atom. The molecule has 0 unspecified atom stereocenters. The molecule has 1 aromatic carbocycles. The molecule has 5 rings (SSSR count). The van der Waals surface area contributed by atoms with E-state index in [1.165, 1.54) is 4.90 Å². The molecule has 1 N–H and O–H groups in total. The van der Waals surface area contributed by atoms with Gasteiger partial charge in [-0.15, -0.1) is 0 Å². The minimum atomic E-state index is -0.652. The highest BCUT2D eigenvalue weighted by atomic mass is 16.3. The zero-order valence-electron chi connectivity index (χ0n) is 16.0. The Kier molecular flexibility index (Phi) is 4.21. The molecule has 4 heterocycles. The van der Waals surface area contributed by atoms with E-state index in [2.05, 4.69) is 22.2 Å². The van der Waals surface area contributed by atoms with Crippen molar-refractivity contribution in [2.75, 3.05) is 38.1 Å². The number of aliphatic imine (C=N–C) groups is 1. The number of benzene rings is 1. The number of anilines is 1. The second-order valence-electron chi connectivity index (χ2n) is 7.36. The van der Waals surface area contributed by atoms with E-state index in [0.717, 1.165) is 26.2 Å². The second kappa shape index (κ2) is 6.89. The summed E-state index contributed by atoms with van der Waals surface area (Å²) in [6, 6.07) is 11.8. The molecule has 0 saturated carbocycles. The monoisotopic (exact) mass is 391 g/mol. The van der Waals surface area contributed by atoms with Crippen LogP contribution in [0.3, 0.4) is 0 Å². The van der Waals surface area contributed by atoms with Crippen LogP contribution in [0.25, 0.3) is 0 Å². The number of para-hydroxylation sites is 1. The molecule has 0 bridgehead atoms. The predicted octanol–water partition coefficient (Wildman–Crippen LogP) is 1.35. The highest BCUT2D eigenvalue weighted by molar-refractivity contribution is 6.34. The third-order valence-corrected chi connectivity index (χ3v) is 5.51. The summed E-state index contributed by atoms with van der Waals surface area (Å²) < 4.78 is 5.58. The molecule has 2 amide bonds. The molecule has 8 heteroatoms. The van der Waals surface area contributed by atoms with Gasteiger partial charge in [-0.2, -0.15) is 0 Å². The van der Waals surface area contributed by atoms with Crippen molar-refractivity contribution in [1.29, 1.82) is 0 Å². The van der Waals surface area contributed by atoms with Crippen molar-refractivity contribution in [2.45, 2.75) is 6.04 Å². The zero-order chi connectivity index (χ0) is 20.0. The fourth-order valence-corrected chi connectivity index (χ4v) is 3.90. The smallest absolute Gasteiger partial charge is 0.282 e. The maximum Gasteiger partial charge on any atom is 0.282 e. The first kappa shape index (κ1) is 17.7. The van der Waals surface area contributed by atoms with E-state index in [1.54, 1.807) is 42.7 Å². The Morgan fingerprint density at radius 3 is 2.45 bits per heavy atom. The molecule has 1 fully saturated rings. The first-order valence-corrected chi connectivity index (χ1v) is 9.63. The van der Waals surface area contributed by atoms with Crippen LogP contribution < -0.4 is 10.2 Å². The maximum absolute atomic E-state index is 13.3. The number of imide groups is 1. The van der Waals surface area contributed by atoms with Gasteiger partial charge >= 0.3 is 0 Å². The fourth-order valence-electron chi connectivity index (χ4n) is 3.90. The van der Waals surface area contributed by atoms with E-state index in [-0.39, 0.29) is 17.5 Å². The quantitative estimate of drug-likeness (QED) is 0.779. The minimum Gasteiger partial charge on any atom is -0.467 e. The van der Waals surface area contributed by atoms with Crippen molar-refractivity contribution in [3.8, 4) is 0 Å². The van der Waals surface area contributed by atoms with E-state index in [9.17, 15) is 9.59 Å². The van der Waals surface area contributed by atoms with Gasteiger partial charge in [0, 0.05) is 26.2 Å². The van der Waals surface area contributed by atoms with Gasteiger partial charge in [0.25, 0.3) is 11.8 Å². The normalized spacial score (nSPS) is 22.7. The number of nitrogens with zero attached hydrogens (tertiary/aromatic N) is 4. The van der Waals surface area contributed by atoms with E-state index in [0.29, 0.717) is 23.0 Å². The first-order valence-electron chi connectivity index (χ1n) is 9.63. The van der Waals surface area contributed by atoms with Crippen LogP contribution in [-0.2, 0) is 9.59 Å². The number of carbonyl (C=O) groups excluding carboxylic acids is 2. The molecule has 148 valence electrons. The van der Waals surface area contributed by atoms with Gasteiger partial charge in [0.05, 0.1) is 17.5 Å². The van der Waals surface area contributed by atoms with Gasteiger partial charge in [0.1, 0.15) is 17.5 Å². The summed E-state index contributed by atoms with van der Waals surface area (Å²) in [7, 11) is 2.08. The standard InChI is InChI=1S/C21H21N5O3/c1-24-9-11-25(12-10-24)21-22-17(15-8-5-13-29-15)16-18(23-21)20(28)26(19(16)27)14-6-3-2-4-7-14/h2-8,13,17H,9-12H2,1H3,(H,22,23)/t17-/m0/s1. The number of likely N-dealkylation sites (N-methyl/N-ethyl adjacent to an activating group) is 1. The van der Waals surface area contributed by atoms with Crippen LogP contribution in [0, 0.1) is 0 Å². The first-order chi connectivity index (χ1) is 14.1. The lowest BCUT2D eigenvalue weighted by molar-refractivity contribution is -0.120. The van der Waals surface area contributed by atoms with Gasteiger partial charge < -0.3 is 19.5 Å². The maximum atomic E-state index is 13.3. The SMILES string of the molecule is CN1CCN(C2=N[C@@H](c3ccco3)C3=C(N2)C(=O)N(c2ccccc2)C3=O)CC1. The molecule has 3 aliphatic heterocycles. The van der Waals surface area contributed by atoms with Crippen LogP contribution in [-0.4, -0.2) is 60.8 Å². The summed E-state index contributed by atoms with van der Waals surface area (Å²) in [6.45, 7) is 3.39. The summed E-state index contributed by atoms with van der Waals surface area (Å²) in [5.41, 5.74) is 1.15. The molecule has 1 aromatic heterocycles. The number of carbonyl (C=O) groups is 2. The van der Waals surface area contributed by atoms with Gasteiger partial charge in [-0.3, -0.25) is 9.59 Å². The average molecular weight is 391 g/mol. The third-order valence-electron chi connectivity index (χ3n) is 5.51. The number of hydrogen-bond donors (Lipinski definition) is 1. The van der Waals surface area contributed by atoms with Crippen molar-refractivity contribution in [3.05, 3.63) is 65.8 Å². The molecule has 0 spiro atoms. The summed E-state index contributed by atoms with van der Waals surface area (Å²) >= 11 is 0. The molecule has 29 heavy (non-hydrogen) atoms. The van der Waals surface area contributed by atoms with Crippen LogP contribution in [0.5, 0.6) is 0 Å². The lowest BCUT2D eigenvalue weighted by Gasteiger charge is -2.36. The molecular formula is C21H21N5O3. The third kappa shape index (κ3) is 2.92. The van der Waals surface area contributed by atoms with Gasteiger partial charge in [0.2, 0.25) is 0 Å². The van der Waals surface area contributed by atoms with E-state index in [1.807, 2.05) is 6.07 Å². The number of hydrogen-bond acceptors (Lipinski definition) is 7. The van der Waals surface area contributed by atoms with Crippen molar-refractivity contribution >= 4 is 23.5 Å². The van der Waals surface area contributed by atoms with Crippen LogP contribution >= 0.6 is 0 Å². The molecule has 1 saturated heterocycles. The Morgan fingerprint density at radius 2 is 1.76 bits per heavy atom. The zero-order valence-corrected chi connectivity index (χ0v) is 16.0. The number of rotatable bonds is 2. The van der Waals surface area contributed by atoms with Gasteiger partial charge in [-0.1, -0.05) is 18.2 Å². The van der Waals surface area contributed by atoms with Crippen LogP contribution in [0.15, 0.2) is 69.4 Å². The van der Waals surface area contributed by atoms with E-state index < -0.39 is 6.04 Å². The Bertz CT molecular complexity index is 1000. The van der Waals surface area contributed by atoms with Crippen molar-refractivity contribution in [3.63, 3.8) is 0 Å². The Hall–Kier alpha value is -3.39. The predicted molar refractivity (Wildman–Crippen MR) is 107 cm³/mol. The van der Waals surface area contributed by atoms with Crippen molar-refractivity contribution in [1.82, 2.24) is 15.1 Å². The lowest BCUT2D eigenvalue weighted by Crippen LogP contribution is -2.52. The lowest BCUT2D eigenvalue weighted by atomic mass is 10.0. The van der Waals surface area contributed by atoms with E-state index >= 15 is 0 Å². The number of nitrogens with one attached hydrogen (secondary N) is 1. The Balaban J connectivity index is 1.53. The Labute approximate surface area is 168 Å². The summed E-state index contributed by atoms with van der Waals surface area (Å²) in [4.78, 5) is 36.8. The van der Waals surface area contributed by atoms with E-state index in [4.69, 9.17) is 9.41 Å². The fraction of sp³-hybridized carbons (Fsp3) is 0.286. The molecule has 0 radical (unpaired) electrons. The highest BCUT2D eigenvalue weighted by Gasteiger charge is 2.47. The van der Waals surface area contributed by atoms with Crippen molar-refractivity contribution in [2.24, 2.45) is 4.99 Å². The van der Waals surface area contributed by atoms with Gasteiger partial charge in [-0.25, -0.2) is 9.89 Å². The molecule has 0 aliphatic carbocycles. The molecule has 8 nitrogen and oxygen atoms in total. The number of guanidine groups is 1. The average Bonchev–Trinajstić information content (AvgIpc) is 3.36. The molecule has 3 aliphatic rings. The molecular weight excluding hydrogens is 370 g/mol. The minimum absolute atomic E-state index is 0.282. The summed E-state index contributed by atoms with van der Waals surface area (Å²) in [6.07, 6.45) is 1.55. The van der Waals surface area contributed by atoms with Crippen LogP contribution in [0.4, 0.5) is 5.69 Å². The second-order valence-corrected chi connectivity index (χ2v) is 7.36. The van der Waals surface area contributed by atoms with Crippen LogP contribution in [0.1, 0.15) is 11.8 Å². The number of furan rings is 1. The summed E-state index contributed by atoms with van der Waals surface area (Å²) in [5.74, 6) is 0.413. The topological polar surface area (TPSA) is 81.4 Å². The molecule has 1 atom stereocenters. The van der Waals surface area contributed by atoms with Crippen LogP contribution in [0.2, 0.25) is 0 Å². The number of amides is 2. The molecule has 2 aromatic rings. The highest BCUT2D eigenvalue weighted by Crippen LogP contribution is 2.38. The van der Waals surface area contributed by atoms with Gasteiger partial charge in [0.15, 0.2) is 5.96 Å². The number of piperazine rings is 1.